The fourth-order valence-electron chi connectivity index (χ4n) is 1.40. The Balaban J connectivity index is 2.21. The molecule has 0 aliphatic carbocycles. The highest BCUT2D eigenvalue weighted by Gasteiger charge is 2.08. The highest BCUT2D eigenvalue weighted by Crippen LogP contribution is 2.26. The van der Waals surface area contributed by atoms with Crippen LogP contribution in [0.4, 0.5) is 5.69 Å². The van der Waals surface area contributed by atoms with Crippen molar-refractivity contribution >= 4 is 34.8 Å². The largest absolute Gasteiger partial charge is 0.508 e. The Bertz CT molecular complexity index is 582. The van der Waals surface area contributed by atoms with Gasteiger partial charge in [0.25, 0.3) is 5.91 Å². The molecule has 0 atom stereocenters. The standard InChI is InChI=1S/C13H9Cl2NO2/c14-9-3-6-11(15)12(7-9)16-13(18)8-1-4-10(17)5-2-8/h1-7,17H,(H,16,18). The molecule has 2 aromatic carbocycles. The Labute approximate surface area is 114 Å². The number of halogens is 2. The van der Waals surface area contributed by atoms with Crippen LogP contribution < -0.4 is 5.32 Å². The van der Waals surface area contributed by atoms with E-state index in [0.29, 0.717) is 21.3 Å². The molecule has 0 aliphatic heterocycles. The monoisotopic (exact) mass is 281 g/mol. The maximum atomic E-state index is 11.9. The average Bonchev–Trinajstić information content (AvgIpc) is 2.34. The van der Waals surface area contributed by atoms with E-state index in [4.69, 9.17) is 28.3 Å². The molecule has 0 aliphatic rings. The minimum absolute atomic E-state index is 0.104. The molecule has 3 nitrogen and oxygen atoms in total. The van der Waals surface area contributed by atoms with Crippen molar-refractivity contribution in [3.05, 3.63) is 58.1 Å². The third kappa shape index (κ3) is 2.94. The molecule has 2 rings (SSSR count). The molecular formula is C13H9Cl2NO2. The highest BCUT2D eigenvalue weighted by molar-refractivity contribution is 6.35. The first-order valence-corrected chi connectivity index (χ1v) is 5.87. The van der Waals surface area contributed by atoms with Crippen molar-refractivity contribution in [2.24, 2.45) is 0 Å². The maximum Gasteiger partial charge on any atom is 0.255 e. The van der Waals surface area contributed by atoms with E-state index in [1.807, 2.05) is 0 Å². The van der Waals surface area contributed by atoms with E-state index in [2.05, 4.69) is 5.32 Å². The number of hydrogen-bond donors (Lipinski definition) is 2. The molecule has 0 radical (unpaired) electrons. The Morgan fingerprint density at radius 1 is 1.06 bits per heavy atom. The Hall–Kier alpha value is -1.71. The summed E-state index contributed by atoms with van der Waals surface area (Å²) < 4.78 is 0. The minimum atomic E-state index is -0.320. The van der Waals surface area contributed by atoms with Crippen LogP contribution in [-0.2, 0) is 0 Å². The smallest absolute Gasteiger partial charge is 0.255 e. The maximum absolute atomic E-state index is 11.9. The summed E-state index contributed by atoms with van der Waals surface area (Å²) in [6.45, 7) is 0. The summed E-state index contributed by atoms with van der Waals surface area (Å²) in [4.78, 5) is 11.9. The van der Waals surface area contributed by atoms with Gasteiger partial charge in [0.2, 0.25) is 0 Å². The summed E-state index contributed by atoms with van der Waals surface area (Å²) >= 11 is 11.8. The number of aromatic hydroxyl groups is 1. The van der Waals surface area contributed by atoms with E-state index in [1.54, 1.807) is 18.2 Å². The van der Waals surface area contributed by atoms with Crippen LogP contribution in [0.15, 0.2) is 42.5 Å². The van der Waals surface area contributed by atoms with Gasteiger partial charge in [-0.2, -0.15) is 0 Å². The van der Waals surface area contributed by atoms with Crippen molar-refractivity contribution in [3.8, 4) is 5.75 Å². The lowest BCUT2D eigenvalue weighted by molar-refractivity contribution is 0.102. The normalized spacial score (nSPS) is 10.1. The summed E-state index contributed by atoms with van der Waals surface area (Å²) in [5.74, 6) is -0.216. The van der Waals surface area contributed by atoms with Gasteiger partial charge in [-0.15, -0.1) is 0 Å². The van der Waals surface area contributed by atoms with Crippen LogP contribution in [0.3, 0.4) is 0 Å². The van der Waals surface area contributed by atoms with Gasteiger partial charge in [-0.05, 0) is 42.5 Å². The summed E-state index contributed by atoms with van der Waals surface area (Å²) in [5, 5.41) is 12.7. The molecule has 2 N–H and O–H groups in total. The molecule has 92 valence electrons. The lowest BCUT2D eigenvalue weighted by Gasteiger charge is -2.07. The number of hydrogen-bond acceptors (Lipinski definition) is 2. The molecule has 0 spiro atoms. The number of phenolic OH excluding ortho intramolecular Hbond substituents is 1. The van der Waals surface area contributed by atoms with Gasteiger partial charge in [-0.25, -0.2) is 0 Å². The zero-order valence-corrected chi connectivity index (χ0v) is 10.7. The molecule has 18 heavy (non-hydrogen) atoms. The summed E-state index contributed by atoms with van der Waals surface area (Å²) in [6.07, 6.45) is 0. The van der Waals surface area contributed by atoms with Crippen LogP contribution in [0.1, 0.15) is 10.4 Å². The van der Waals surface area contributed by atoms with Crippen molar-refractivity contribution in [3.63, 3.8) is 0 Å². The molecule has 2 aromatic rings. The number of amides is 1. The van der Waals surface area contributed by atoms with Gasteiger partial charge < -0.3 is 10.4 Å². The quantitative estimate of drug-likeness (QED) is 0.876. The Kier molecular flexibility index (Phi) is 3.75. The first-order chi connectivity index (χ1) is 8.56. The Morgan fingerprint density at radius 2 is 1.72 bits per heavy atom. The molecule has 0 fully saturated rings. The van der Waals surface area contributed by atoms with E-state index in [9.17, 15) is 4.79 Å². The fourth-order valence-corrected chi connectivity index (χ4v) is 1.74. The van der Waals surface area contributed by atoms with Crippen LogP contribution in [0, 0.1) is 0 Å². The number of nitrogens with one attached hydrogen (secondary N) is 1. The molecule has 0 unspecified atom stereocenters. The van der Waals surface area contributed by atoms with Crippen LogP contribution in [0.2, 0.25) is 10.0 Å². The minimum Gasteiger partial charge on any atom is -0.508 e. The van der Waals surface area contributed by atoms with Crippen molar-refractivity contribution < 1.29 is 9.90 Å². The number of benzene rings is 2. The van der Waals surface area contributed by atoms with Crippen LogP contribution >= 0.6 is 23.2 Å². The highest BCUT2D eigenvalue weighted by atomic mass is 35.5. The lowest BCUT2D eigenvalue weighted by atomic mass is 10.2. The molecular weight excluding hydrogens is 273 g/mol. The van der Waals surface area contributed by atoms with Gasteiger partial charge in [0.05, 0.1) is 10.7 Å². The molecule has 0 saturated carbocycles. The van der Waals surface area contributed by atoms with E-state index in [0.717, 1.165) is 0 Å². The third-order valence-corrected chi connectivity index (χ3v) is 2.87. The van der Waals surface area contributed by atoms with Crippen molar-refractivity contribution in [2.45, 2.75) is 0 Å². The van der Waals surface area contributed by atoms with Crippen LogP contribution in [0.5, 0.6) is 5.75 Å². The predicted octanol–water partition coefficient (Wildman–Crippen LogP) is 3.95. The van der Waals surface area contributed by atoms with E-state index in [-0.39, 0.29) is 11.7 Å². The third-order valence-electron chi connectivity index (χ3n) is 2.31. The average molecular weight is 282 g/mol. The second-order valence-corrected chi connectivity index (χ2v) is 4.47. The molecule has 0 bridgehead atoms. The van der Waals surface area contributed by atoms with Crippen molar-refractivity contribution in [1.29, 1.82) is 0 Å². The number of carbonyl (C=O) groups excluding carboxylic acids is 1. The van der Waals surface area contributed by atoms with E-state index >= 15 is 0 Å². The van der Waals surface area contributed by atoms with Gasteiger partial charge in [0, 0.05) is 10.6 Å². The summed E-state index contributed by atoms with van der Waals surface area (Å²) in [5.41, 5.74) is 0.867. The summed E-state index contributed by atoms with van der Waals surface area (Å²) in [6, 6.07) is 10.7. The second kappa shape index (κ2) is 5.29. The van der Waals surface area contributed by atoms with Gasteiger partial charge >= 0.3 is 0 Å². The predicted molar refractivity (Wildman–Crippen MR) is 72.5 cm³/mol. The Morgan fingerprint density at radius 3 is 2.39 bits per heavy atom. The number of carbonyl (C=O) groups is 1. The lowest BCUT2D eigenvalue weighted by Crippen LogP contribution is -2.11. The zero-order chi connectivity index (χ0) is 13.1. The van der Waals surface area contributed by atoms with Gasteiger partial charge in [0.1, 0.15) is 5.75 Å². The van der Waals surface area contributed by atoms with Crippen molar-refractivity contribution in [1.82, 2.24) is 0 Å². The molecule has 1 amide bonds. The first kappa shape index (κ1) is 12.7. The number of phenols is 1. The van der Waals surface area contributed by atoms with Crippen LogP contribution in [-0.4, -0.2) is 11.0 Å². The summed E-state index contributed by atoms with van der Waals surface area (Å²) in [7, 11) is 0. The number of anilines is 1. The molecule has 0 aromatic heterocycles. The van der Waals surface area contributed by atoms with E-state index in [1.165, 1.54) is 24.3 Å². The van der Waals surface area contributed by atoms with Gasteiger partial charge in [0.15, 0.2) is 0 Å². The SMILES string of the molecule is O=C(Nc1cc(Cl)ccc1Cl)c1ccc(O)cc1. The second-order valence-electron chi connectivity index (χ2n) is 3.63. The fraction of sp³-hybridized carbons (Fsp3) is 0. The van der Waals surface area contributed by atoms with Crippen molar-refractivity contribution in [2.75, 3.05) is 5.32 Å². The van der Waals surface area contributed by atoms with Gasteiger partial charge in [-0.1, -0.05) is 23.2 Å². The van der Waals surface area contributed by atoms with Crippen LogP contribution in [0.25, 0.3) is 0 Å². The van der Waals surface area contributed by atoms with E-state index < -0.39 is 0 Å². The van der Waals surface area contributed by atoms with Gasteiger partial charge in [-0.3, -0.25) is 4.79 Å². The zero-order valence-electron chi connectivity index (χ0n) is 9.15. The molecule has 0 heterocycles. The first-order valence-electron chi connectivity index (χ1n) is 5.12. The number of rotatable bonds is 2. The molecule has 0 saturated heterocycles. The topological polar surface area (TPSA) is 49.3 Å². The molecule has 5 heteroatoms.